The molecule has 2 aromatic rings. The van der Waals surface area contributed by atoms with Crippen LogP contribution >= 0.6 is 108 Å². The largest absolute Gasteiger partial charge is 1.00 e. The van der Waals surface area contributed by atoms with Gasteiger partial charge >= 0.3 is 170 Å². The van der Waals surface area contributed by atoms with Crippen LogP contribution in [-0.4, -0.2) is 170 Å². The summed E-state index contributed by atoms with van der Waals surface area (Å²) in [6, 6.07) is 8.00. The van der Waals surface area contributed by atoms with Crippen molar-refractivity contribution >= 4 is 198 Å². The molecule has 0 aliphatic rings. The van der Waals surface area contributed by atoms with Gasteiger partial charge in [-0.1, -0.05) is 116 Å². The number of ether oxygens (including phenoxy) is 1. The minimum absolute atomic E-state index is 0. The average molecular weight is 1320 g/mol. The number of nitrogens with zero attached hydrogens (tertiary/aromatic N) is 2. The molecule has 1 aromatic heterocycles. The van der Waals surface area contributed by atoms with Gasteiger partial charge in [-0.25, -0.2) is 17.6 Å². The summed E-state index contributed by atoms with van der Waals surface area (Å²) in [5.74, 6) is 4.44. The number of amidine groups is 1. The van der Waals surface area contributed by atoms with Crippen LogP contribution in [0.5, 0.6) is 0 Å². The molecule has 0 amide bonds. The van der Waals surface area contributed by atoms with E-state index in [1.807, 2.05) is 50.2 Å². The van der Waals surface area contributed by atoms with Crippen molar-refractivity contribution in [2.24, 2.45) is 5.73 Å². The SMILES string of the molecule is CCOC(=S)SCCCS(=O)[O-].CN(C)C(=S)SCCCS(=O)[O-].N=C(N)SCCCS(=O)O.O=S(=O)([O-])CCS.O=S([O-])CCCS.O=S([O-])CCCSc1nc2ccccc2s1.[K+].[Na+].[Na+].[Na+].[Na+]. The van der Waals surface area contributed by atoms with E-state index in [1.54, 1.807) is 23.1 Å². The third-order valence-corrected chi connectivity index (χ3v) is 16.4. The van der Waals surface area contributed by atoms with Crippen LogP contribution in [0, 0.1) is 5.41 Å². The summed E-state index contributed by atoms with van der Waals surface area (Å²) in [5, 5.41) is 6.84. The molecule has 0 fully saturated rings. The van der Waals surface area contributed by atoms with Gasteiger partial charge in [-0.2, -0.15) is 25.3 Å². The van der Waals surface area contributed by atoms with Crippen molar-refractivity contribution in [2.45, 2.75) is 43.4 Å². The number of thiazole rings is 1. The number of thiocarbonyl (C=S) groups is 2. The first-order valence-corrected chi connectivity index (χ1v) is 32.6. The molecule has 5 unspecified atom stereocenters. The molecule has 18 nitrogen and oxygen atoms in total. The van der Waals surface area contributed by atoms with Gasteiger partial charge in [0, 0.05) is 71.6 Å². The molecule has 38 heteroatoms. The van der Waals surface area contributed by atoms with Crippen molar-refractivity contribution in [1.82, 2.24) is 9.88 Å². The Bertz CT molecular complexity index is 1740. The second kappa shape index (κ2) is 67.1. The second-order valence-corrected chi connectivity index (χ2v) is 25.6. The third-order valence-electron chi connectivity index (χ3n) is 5.47. The van der Waals surface area contributed by atoms with Gasteiger partial charge in [0.25, 0.3) is 0 Å². The molecule has 378 valence electrons. The van der Waals surface area contributed by atoms with Crippen molar-refractivity contribution in [3.05, 3.63) is 24.3 Å². The van der Waals surface area contributed by atoms with E-state index >= 15 is 0 Å². The molecule has 0 aliphatic heterocycles. The zero-order valence-corrected chi connectivity index (χ0v) is 63.5. The Morgan fingerprint density at radius 2 is 1.23 bits per heavy atom. The van der Waals surface area contributed by atoms with E-state index in [0.29, 0.717) is 60.4 Å². The fourth-order valence-corrected chi connectivity index (χ4v) is 11.4. The topological polar surface area (TPSA) is 330 Å². The van der Waals surface area contributed by atoms with Crippen LogP contribution in [0.2, 0.25) is 0 Å². The van der Waals surface area contributed by atoms with Crippen molar-refractivity contribution in [1.29, 1.82) is 5.41 Å². The molecular weight excluding hydrogens is 1260 g/mol. The third kappa shape index (κ3) is 83.5. The number of hydrogen-bond acceptors (Lipinski definition) is 24. The van der Waals surface area contributed by atoms with Crippen LogP contribution in [0.25, 0.3) is 10.2 Å². The Labute approximate surface area is 595 Å². The van der Waals surface area contributed by atoms with Crippen molar-refractivity contribution in [3.8, 4) is 0 Å². The molecule has 0 spiro atoms. The average Bonchev–Trinajstić information content (AvgIpc) is 3.61. The van der Waals surface area contributed by atoms with Gasteiger partial charge in [0.2, 0.25) is 4.38 Å². The monoisotopic (exact) mass is 1320 g/mol. The molecule has 0 saturated carbocycles. The Balaban J connectivity index is -0.0000000902. The van der Waals surface area contributed by atoms with E-state index in [0.717, 1.165) is 25.7 Å². The zero-order chi connectivity index (χ0) is 49.9. The Kier molecular flexibility index (Phi) is 92.2. The summed E-state index contributed by atoms with van der Waals surface area (Å²) < 4.78 is 136. The smallest absolute Gasteiger partial charge is 0.772 e. The normalized spacial score (nSPS) is 11.9. The first-order chi connectivity index (χ1) is 29.9. The van der Waals surface area contributed by atoms with Gasteiger partial charge in [-0.3, -0.25) is 22.2 Å². The first-order valence-electron chi connectivity index (χ1n) is 18.0. The maximum atomic E-state index is 10.3. The van der Waals surface area contributed by atoms with E-state index in [-0.39, 0.29) is 215 Å². The number of benzene rings is 1. The zero-order valence-electron chi connectivity index (χ0n) is 40.0. The van der Waals surface area contributed by atoms with Gasteiger partial charge in [0.05, 0.1) is 32.7 Å². The van der Waals surface area contributed by atoms with Crippen LogP contribution in [0.4, 0.5) is 0 Å². The minimum Gasteiger partial charge on any atom is -0.772 e. The summed E-state index contributed by atoms with van der Waals surface area (Å²) >= 11 is 15.2. The molecule has 69 heavy (non-hydrogen) atoms. The summed E-state index contributed by atoms with van der Waals surface area (Å²) in [4.78, 5) is 6.30. The fourth-order valence-electron chi connectivity index (χ4n) is 2.86. The van der Waals surface area contributed by atoms with Crippen LogP contribution in [0.1, 0.15) is 39.0 Å². The van der Waals surface area contributed by atoms with Crippen LogP contribution in [0.3, 0.4) is 0 Å². The predicted octanol–water partition coefficient (Wildman–Crippen LogP) is -10.3. The first kappa shape index (κ1) is 94.8. The summed E-state index contributed by atoms with van der Waals surface area (Å²) in [7, 11) is -0.248. The number of hydrogen-bond donors (Lipinski definition) is 5. The minimum atomic E-state index is -4.00. The Morgan fingerprint density at radius 3 is 1.59 bits per heavy atom. The molecule has 4 N–H and O–H groups in total. The maximum absolute atomic E-state index is 10.3. The Morgan fingerprint density at radius 1 is 0.797 bits per heavy atom. The number of nitrogens with two attached hydrogens (primary N) is 1. The number of aromatic nitrogens is 1. The summed E-state index contributed by atoms with van der Waals surface area (Å²) in [6.07, 6.45) is 3.23. The van der Waals surface area contributed by atoms with E-state index in [1.165, 1.54) is 40.0 Å². The van der Waals surface area contributed by atoms with E-state index in [2.05, 4.69) is 30.2 Å². The number of para-hydroxylation sites is 1. The van der Waals surface area contributed by atoms with E-state index in [9.17, 15) is 52.2 Å². The van der Waals surface area contributed by atoms with Crippen LogP contribution in [-0.2, 0) is 70.3 Å². The molecule has 0 saturated heterocycles. The van der Waals surface area contributed by atoms with E-state index < -0.39 is 65.5 Å². The van der Waals surface area contributed by atoms with Gasteiger partial charge in [-0.15, -0.1) is 11.3 Å². The molecular formula is C31H55KN4Na4O14S15. The van der Waals surface area contributed by atoms with Crippen molar-refractivity contribution in [3.63, 3.8) is 0 Å². The van der Waals surface area contributed by atoms with Gasteiger partial charge < -0.3 is 42.7 Å². The number of fused-ring (bicyclic) bond motifs is 1. The molecule has 1 heterocycles. The molecule has 1 aromatic carbocycles. The van der Waals surface area contributed by atoms with Crippen LogP contribution in [0.15, 0.2) is 28.6 Å². The standard InChI is InChI=1S/C10H11NO2S3.C6H13NO2S3.C6H12O3S3.C4H10N2O2S2.C3H8O2S2.C2H6O3S2.K.4Na/c12-16(13)7-3-6-14-10-11-8-4-1-2-5-9(8)15-10;1-7(2)6(10)11-4-3-5-12(8)9;1-2-9-6(10)11-4-3-5-12(7)8;5-4(6)9-2-1-3-10(7)8;4-7(5)3-1-2-6;3-7(4,5)2-1-6;;;;;/h1-2,4-5H,3,6-7H2,(H,12,13);3-5H2,1-2H3,(H,8,9);2-5H2,1H3,(H,7,8);1-3H2,(H3,5,6)(H,7,8);6H,1-3H2,(H,4,5);6H,1-2H2,(H,3,4,5);;;;;/q;;;;;;5*+1/p-5. The second-order valence-electron chi connectivity index (χ2n) is 11.1. The molecule has 0 aliphatic carbocycles. The molecule has 5 atom stereocenters. The van der Waals surface area contributed by atoms with Crippen molar-refractivity contribution < 1.29 is 231 Å². The molecule has 0 bridgehead atoms. The van der Waals surface area contributed by atoms with Gasteiger partial charge in [-0.05, 0) is 69.1 Å². The van der Waals surface area contributed by atoms with Crippen LogP contribution < -0.4 is 175 Å². The number of thioether (sulfide) groups is 4. The van der Waals surface area contributed by atoms with Gasteiger partial charge in [0.1, 0.15) is 4.32 Å². The predicted molar refractivity (Wildman–Crippen MR) is 286 cm³/mol. The van der Waals surface area contributed by atoms with Crippen molar-refractivity contribution in [2.75, 3.05) is 89.7 Å². The fraction of sp³-hybridized carbons (Fsp3) is 0.677. The number of nitrogens with one attached hydrogen (secondary N) is 1. The number of thiol groups is 2. The Hall–Kier alpha value is 6.56. The quantitative estimate of drug-likeness (QED) is 0.00794. The molecule has 2 rings (SSSR count). The van der Waals surface area contributed by atoms with E-state index in [4.69, 9.17) is 44.9 Å². The number of rotatable bonds is 23. The maximum Gasteiger partial charge on any atom is 1.00 e. The molecule has 0 radical (unpaired) electrons. The van der Waals surface area contributed by atoms with Gasteiger partial charge in [0.15, 0.2) is 20.6 Å². The summed E-state index contributed by atoms with van der Waals surface area (Å²) in [5.41, 5.74) is 6.03. The summed E-state index contributed by atoms with van der Waals surface area (Å²) in [6.45, 7) is 2.43.